The quantitative estimate of drug-likeness (QED) is 0.707. The molecule has 21 heavy (non-hydrogen) atoms. The third kappa shape index (κ3) is 3.54. The van der Waals surface area contributed by atoms with Crippen LogP contribution in [0.2, 0.25) is 0 Å². The van der Waals surface area contributed by atoms with E-state index in [9.17, 15) is 0 Å². The summed E-state index contributed by atoms with van der Waals surface area (Å²) in [6, 6.07) is 20.1. The van der Waals surface area contributed by atoms with Crippen LogP contribution < -0.4 is 0 Å². The van der Waals surface area contributed by atoms with Crippen molar-refractivity contribution in [2.24, 2.45) is 0 Å². The molecule has 0 aliphatic heterocycles. The third-order valence-electron chi connectivity index (χ3n) is 3.00. The summed E-state index contributed by atoms with van der Waals surface area (Å²) >= 11 is 0. The van der Waals surface area contributed by atoms with E-state index in [2.05, 4.69) is 10.4 Å². The number of nitrogens with zero attached hydrogens (tertiary/aromatic N) is 2. The highest BCUT2D eigenvalue weighted by atomic mass is 16.5. The molecule has 0 N–H and O–H groups in total. The highest BCUT2D eigenvalue weighted by molar-refractivity contribution is 5.75. The molecule has 0 radical (unpaired) electrons. The van der Waals surface area contributed by atoms with Crippen LogP contribution in [0.15, 0.2) is 65.2 Å². The van der Waals surface area contributed by atoms with Crippen LogP contribution >= 0.6 is 0 Å². The Bertz CT molecular complexity index is 679. The van der Waals surface area contributed by atoms with Crippen molar-refractivity contribution in [1.82, 2.24) is 10.4 Å². The first-order valence-electron chi connectivity index (χ1n) is 6.70. The Kier molecular flexibility index (Phi) is 4.03. The molecule has 1 aromatic heterocycles. The number of hydrogen-bond acceptors (Lipinski definition) is 3. The van der Waals surface area contributed by atoms with E-state index in [1.54, 1.807) is 0 Å². The van der Waals surface area contributed by atoms with Crippen LogP contribution in [0, 0.1) is 0 Å². The van der Waals surface area contributed by atoms with Crippen molar-refractivity contribution >= 4 is 24.3 Å². The van der Waals surface area contributed by atoms with Crippen LogP contribution in [-0.2, 0) is 0 Å². The fraction of sp³-hybridized carbons (Fsp3) is 0. The molecule has 0 saturated carbocycles. The molecule has 0 fully saturated rings. The molecule has 0 saturated heterocycles. The van der Waals surface area contributed by atoms with Gasteiger partial charge in [-0.25, -0.2) is 0 Å². The molecule has 0 atom stereocenters. The summed E-state index contributed by atoms with van der Waals surface area (Å²) in [5, 5.41) is 7.61. The minimum Gasteiger partial charge on any atom is -0.337 e. The Morgan fingerprint density at radius 2 is 1.24 bits per heavy atom. The molecular weight excluding hydrogens is 260 g/mol. The summed E-state index contributed by atoms with van der Waals surface area (Å²) in [7, 11) is 0. The second-order valence-corrected chi connectivity index (χ2v) is 4.51. The predicted octanol–water partition coefficient (Wildman–Crippen LogP) is 4.41. The van der Waals surface area contributed by atoms with E-state index in [1.807, 2.05) is 85.0 Å². The average Bonchev–Trinajstić information content (AvgIpc) is 3.00. The van der Waals surface area contributed by atoms with Gasteiger partial charge in [0.15, 0.2) is 5.76 Å². The highest BCUT2D eigenvalue weighted by Crippen LogP contribution is 2.14. The summed E-state index contributed by atoms with van der Waals surface area (Å²) < 4.78 is 5.18. The van der Waals surface area contributed by atoms with Crippen molar-refractivity contribution in [3.63, 3.8) is 0 Å². The van der Waals surface area contributed by atoms with E-state index in [0.29, 0.717) is 11.5 Å². The van der Waals surface area contributed by atoms with Gasteiger partial charge in [-0.05, 0) is 23.3 Å². The maximum absolute atomic E-state index is 5.18. The van der Waals surface area contributed by atoms with Gasteiger partial charge in [0.2, 0.25) is 0 Å². The topological polar surface area (TPSA) is 38.9 Å². The minimum absolute atomic E-state index is 0.644. The van der Waals surface area contributed by atoms with Crippen molar-refractivity contribution in [2.75, 3.05) is 0 Å². The molecule has 0 unspecified atom stereocenters. The molecule has 0 aliphatic rings. The first kappa shape index (κ1) is 13.1. The van der Waals surface area contributed by atoms with Gasteiger partial charge in [-0.15, -0.1) is 5.10 Å². The smallest absolute Gasteiger partial charge is 0.187 e. The molecule has 0 spiro atoms. The maximum Gasteiger partial charge on any atom is 0.187 e. The number of hydrogen-bond donors (Lipinski definition) is 0. The number of rotatable bonds is 4. The van der Waals surface area contributed by atoms with Crippen LogP contribution in [0.4, 0.5) is 0 Å². The van der Waals surface area contributed by atoms with Crippen molar-refractivity contribution < 1.29 is 4.52 Å². The van der Waals surface area contributed by atoms with Crippen molar-refractivity contribution in [3.8, 4) is 0 Å². The molecule has 1 heterocycles. The molecule has 0 aliphatic carbocycles. The van der Waals surface area contributed by atoms with E-state index in [4.69, 9.17) is 4.52 Å². The number of aromatic nitrogens is 2. The second-order valence-electron chi connectivity index (χ2n) is 4.51. The van der Waals surface area contributed by atoms with Gasteiger partial charge in [-0.2, -0.15) is 0 Å². The van der Waals surface area contributed by atoms with Gasteiger partial charge in [0, 0.05) is 5.27 Å². The monoisotopic (exact) mass is 274 g/mol. The first-order valence-corrected chi connectivity index (χ1v) is 6.70. The Morgan fingerprint density at radius 3 is 1.86 bits per heavy atom. The lowest BCUT2D eigenvalue weighted by atomic mass is 10.1. The molecule has 102 valence electrons. The zero-order valence-corrected chi connectivity index (χ0v) is 11.4. The lowest BCUT2D eigenvalue weighted by Crippen LogP contribution is -1.77. The molecule has 3 nitrogen and oxygen atoms in total. The van der Waals surface area contributed by atoms with E-state index < -0.39 is 0 Å². The SMILES string of the molecule is C(=C\c1nnoc1/C=C/c1ccccc1)/c1ccccc1. The standard InChI is InChI=1S/C18H14N2O/c1-3-7-15(8-4-1)11-13-17-18(21-20-19-17)14-12-16-9-5-2-6-10-16/h1-14H/b13-11+,14-12+. The first-order chi connectivity index (χ1) is 10.4. The van der Waals surface area contributed by atoms with Crippen molar-refractivity contribution in [2.45, 2.75) is 0 Å². The Balaban J connectivity index is 1.78. The third-order valence-corrected chi connectivity index (χ3v) is 3.00. The van der Waals surface area contributed by atoms with Crippen LogP contribution in [-0.4, -0.2) is 10.4 Å². The Hall–Kier alpha value is -2.94. The zero-order chi connectivity index (χ0) is 14.3. The number of benzene rings is 2. The second kappa shape index (κ2) is 6.48. The van der Waals surface area contributed by atoms with Crippen molar-refractivity contribution in [1.29, 1.82) is 0 Å². The van der Waals surface area contributed by atoms with Crippen LogP contribution in [0.5, 0.6) is 0 Å². The van der Waals surface area contributed by atoms with Gasteiger partial charge in [0.1, 0.15) is 5.69 Å². The normalized spacial score (nSPS) is 11.4. The van der Waals surface area contributed by atoms with Gasteiger partial charge in [-0.3, -0.25) is 0 Å². The summed E-state index contributed by atoms with van der Waals surface area (Å²) in [4.78, 5) is 0. The lowest BCUT2D eigenvalue weighted by molar-refractivity contribution is 0.387. The van der Waals surface area contributed by atoms with Gasteiger partial charge in [0.25, 0.3) is 0 Å². The van der Waals surface area contributed by atoms with Gasteiger partial charge in [0.05, 0.1) is 0 Å². The largest absolute Gasteiger partial charge is 0.337 e. The Labute approximate surface area is 123 Å². The molecular formula is C18H14N2O. The molecule has 3 rings (SSSR count). The van der Waals surface area contributed by atoms with Gasteiger partial charge < -0.3 is 4.52 Å². The summed E-state index contributed by atoms with van der Waals surface area (Å²) in [5.74, 6) is 0.644. The van der Waals surface area contributed by atoms with E-state index in [-0.39, 0.29) is 0 Å². The molecule has 3 aromatic rings. The highest BCUT2D eigenvalue weighted by Gasteiger charge is 2.03. The summed E-state index contributed by atoms with van der Waals surface area (Å²) in [6.07, 6.45) is 7.73. The summed E-state index contributed by atoms with van der Waals surface area (Å²) in [5.41, 5.74) is 2.93. The van der Waals surface area contributed by atoms with E-state index in [1.165, 1.54) is 0 Å². The lowest BCUT2D eigenvalue weighted by Gasteiger charge is -1.91. The maximum atomic E-state index is 5.18. The van der Waals surface area contributed by atoms with Crippen LogP contribution in [0.1, 0.15) is 22.6 Å². The average molecular weight is 274 g/mol. The van der Waals surface area contributed by atoms with Crippen LogP contribution in [0.25, 0.3) is 24.3 Å². The predicted molar refractivity (Wildman–Crippen MR) is 85.0 cm³/mol. The minimum atomic E-state index is 0.644. The van der Waals surface area contributed by atoms with Crippen LogP contribution in [0.3, 0.4) is 0 Å². The van der Waals surface area contributed by atoms with E-state index in [0.717, 1.165) is 11.1 Å². The molecule has 0 amide bonds. The van der Waals surface area contributed by atoms with Crippen molar-refractivity contribution in [3.05, 3.63) is 83.2 Å². The summed E-state index contributed by atoms with van der Waals surface area (Å²) in [6.45, 7) is 0. The van der Waals surface area contributed by atoms with E-state index >= 15 is 0 Å². The molecule has 3 heteroatoms. The van der Waals surface area contributed by atoms with Gasteiger partial charge in [-0.1, -0.05) is 72.8 Å². The fourth-order valence-corrected chi connectivity index (χ4v) is 1.91. The fourth-order valence-electron chi connectivity index (χ4n) is 1.91. The van der Waals surface area contributed by atoms with Gasteiger partial charge >= 0.3 is 0 Å². The molecule has 0 bridgehead atoms. The zero-order valence-electron chi connectivity index (χ0n) is 11.4. The molecule has 2 aromatic carbocycles. The Morgan fingerprint density at radius 1 is 0.667 bits per heavy atom.